The summed E-state index contributed by atoms with van der Waals surface area (Å²) in [6.07, 6.45) is -3.11. The molecule has 19 heavy (non-hydrogen) atoms. The summed E-state index contributed by atoms with van der Waals surface area (Å²) >= 11 is 0. The van der Waals surface area contributed by atoms with Crippen molar-refractivity contribution in [1.82, 2.24) is 9.97 Å². The van der Waals surface area contributed by atoms with Gasteiger partial charge in [0.1, 0.15) is 6.20 Å². The van der Waals surface area contributed by atoms with Gasteiger partial charge in [0, 0.05) is 7.05 Å². The van der Waals surface area contributed by atoms with E-state index in [0.717, 1.165) is 6.20 Å². The maximum atomic E-state index is 12.7. The number of nitro groups is 1. The summed E-state index contributed by atoms with van der Waals surface area (Å²) in [4.78, 5) is 16.7. The molecule has 1 heterocycles. The second-order valence-electron chi connectivity index (χ2n) is 3.35. The number of nitrogens with zero attached hydrogens (tertiary/aromatic N) is 3. The third-order valence-electron chi connectivity index (χ3n) is 2.00. The Hall–Kier alpha value is -2.20. The second kappa shape index (κ2) is 5.63. The molecule has 0 saturated heterocycles. The Kier molecular flexibility index (Phi) is 4.40. The number of aromatic nitrogens is 2. The van der Waals surface area contributed by atoms with Crippen molar-refractivity contribution >= 4 is 17.5 Å². The molecule has 0 bridgehead atoms. The van der Waals surface area contributed by atoms with Crippen LogP contribution < -0.4 is 10.6 Å². The molecule has 1 rings (SSSR count). The molecule has 1 aromatic rings. The minimum Gasteiger partial charge on any atom is -0.358 e. The largest absolute Gasteiger partial charge is 0.358 e. The van der Waals surface area contributed by atoms with Gasteiger partial charge >= 0.3 is 18.0 Å². The van der Waals surface area contributed by atoms with Crippen LogP contribution in [-0.4, -0.2) is 40.8 Å². The van der Waals surface area contributed by atoms with Crippen molar-refractivity contribution in [1.29, 1.82) is 0 Å². The van der Waals surface area contributed by atoms with Crippen LogP contribution in [0.15, 0.2) is 6.20 Å². The van der Waals surface area contributed by atoms with Gasteiger partial charge in [0.15, 0.2) is 0 Å². The first kappa shape index (κ1) is 14.9. The molecule has 1 aromatic heterocycles. The van der Waals surface area contributed by atoms with Crippen LogP contribution >= 0.6 is 0 Å². The number of halogens is 4. The van der Waals surface area contributed by atoms with Crippen LogP contribution in [0, 0.1) is 10.1 Å². The van der Waals surface area contributed by atoms with Crippen LogP contribution in [0.5, 0.6) is 0 Å². The summed E-state index contributed by atoms with van der Waals surface area (Å²) in [6, 6.07) is 0. The SMILES string of the molecule is CNc1ncc([N+](=O)[O-])c(NCC(F)(F)C(F)F)n1. The summed E-state index contributed by atoms with van der Waals surface area (Å²) in [5, 5.41) is 14.9. The molecule has 0 aliphatic rings. The molecule has 106 valence electrons. The van der Waals surface area contributed by atoms with E-state index in [9.17, 15) is 27.7 Å². The van der Waals surface area contributed by atoms with E-state index in [-0.39, 0.29) is 5.95 Å². The van der Waals surface area contributed by atoms with E-state index in [2.05, 4.69) is 15.3 Å². The van der Waals surface area contributed by atoms with Gasteiger partial charge in [-0.15, -0.1) is 0 Å². The highest BCUT2D eigenvalue weighted by atomic mass is 19.3. The van der Waals surface area contributed by atoms with Gasteiger partial charge < -0.3 is 10.6 Å². The van der Waals surface area contributed by atoms with Gasteiger partial charge in [-0.1, -0.05) is 0 Å². The van der Waals surface area contributed by atoms with Crippen molar-refractivity contribution in [2.24, 2.45) is 0 Å². The molecule has 0 spiro atoms. The van der Waals surface area contributed by atoms with E-state index < -0.39 is 35.3 Å². The summed E-state index contributed by atoms with van der Waals surface area (Å²) in [6.45, 7) is -1.48. The average Bonchev–Trinajstić information content (AvgIpc) is 2.35. The lowest BCUT2D eigenvalue weighted by Gasteiger charge is -2.16. The number of hydrogen-bond acceptors (Lipinski definition) is 6. The van der Waals surface area contributed by atoms with Gasteiger partial charge in [-0.2, -0.15) is 13.8 Å². The zero-order valence-electron chi connectivity index (χ0n) is 9.53. The summed E-state index contributed by atoms with van der Waals surface area (Å²) in [7, 11) is 1.40. The quantitative estimate of drug-likeness (QED) is 0.469. The van der Waals surface area contributed by atoms with Crippen molar-refractivity contribution in [3.63, 3.8) is 0 Å². The third kappa shape index (κ3) is 3.63. The van der Waals surface area contributed by atoms with Gasteiger partial charge in [0.05, 0.1) is 11.5 Å². The van der Waals surface area contributed by atoms with Crippen molar-refractivity contribution in [3.8, 4) is 0 Å². The molecule has 0 unspecified atom stereocenters. The highest BCUT2D eigenvalue weighted by Gasteiger charge is 2.41. The lowest BCUT2D eigenvalue weighted by atomic mass is 10.3. The van der Waals surface area contributed by atoms with Gasteiger partial charge in [0.25, 0.3) is 0 Å². The number of rotatable bonds is 6. The van der Waals surface area contributed by atoms with E-state index in [1.807, 2.05) is 5.32 Å². The fraction of sp³-hybridized carbons (Fsp3) is 0.500. The first-order valence-electron chi connectivity index (χ1n) is 4.87. The van der Waals surface area contributed by atoms with Gasteiger partial charge in [-0.3, -0.25) is 10.1 Å². The minimum atomic E-state index is -4.32. The van der Waals surface area contributed by atoms with E-state index in [1.165, 1.54) is 7.05 Å². The monoisotopic (exact) mass is 283 g/mol. The summed E-state index contributed by atoms with van der Waals surface area (Å²) in [5.41, 5.74) is -0.691. The first-order valence-corrected chi connectivity index (χ1v) is 4.87. The molecule has 2 N–H and O–H groups in total. The van der Waals surface area contributed by atoms with Crippen LogP contribution in [0.1, 0.15) is 0 Å². The van der Waals surface area contributed by atoms with Crippen molar-refractivity contribution in [2.75, 3.05) is 24.2 Å². The molecule has 0 aliphatic heterocycles. The topological polar surface area (TPSA) is 93.0 Å². The smallest absolute Gasteiger partial charge is 0.329 e. The lowest BCUT2D eigenvalue weighted by molar-refractivity contribution is -0.384. The highest BCUT2D eigenvalue weighted by Crippen LogP contribution is 2.26. The van der Waals surface area contributed by atoms with E-state index in [1.54, 1.807) is 0 Å². The van der Waals surface area contributed by atoms with Gasteiger partial charge in [-0.25, -0.2) is 13.8 Å². The summed E-state index contributed by atoms with van der Waals surface area (Å²) in [5.74, 6) is -4.96. The number of alkyl halides is 4. The predicted molar refractivity (Wildman–Crippen MR) is 57.7 cm³/mol. The molecule has 0 saturated carbocycles. The Morgan fingerprint density at radius 3 is 2.63 bits per heavy atom. The van der Waals surface area contributed by atoms with Crippen molar-refractivity contribution in [2.45, 2.75) is 12.3 Å². The van der Waals surface area contributed by atoms with Crippen LogP contribution in [-0.2, 0) is 0 Å². The zero-order valence-corrected chi connectivity index (χ0v) is 9.53. The molecule has 0 atom stereocenters. The molecule has 0 fully saturated rings. The van der Waals surface area contributed by atoms with Gasteiger partial charge in [-0.05, 0) is 0 Å². The average molecular weight is 283 g/mol. The van der Waals surface area contributed by atoms with Gasteiger partial charge in [0.2, 0.25) is 11.8 Å². The number of hydrogen-bond donors (Lipinski definition) is 2. The molecule has 0 amide bonds. The lowest BCUT2D eigenvalue weighted by Crippen LogP contribution is -2.35. The predicted octanol–water partition coefficient (Wildman–Crippen LogP) is 1.74. The van der Waals surface area contributed by atoms with Crippen LogP contribution in [0.25, 0.3) is 0 Å². The van der Waals surface area contributed by atoms with Crippen LogP contribution in [0.2, 0.25) is 0 Å². The molecule has 0 radical (unpaired) electrons. The minimum absolute atomic E-state index is 0.0755. The molecular formula is C8H9F4N5O2. The number of anilines is 2. The normalized spacial score (nSPS) is 11.5. The van der Waals surface area contributed by atoms with E-state index in [4.69, 9.17) is 0 Å². The molecule has 0 aliphatic carbocycles. The Bertz CT molecular complexity index is 470. The molecular weight excluding hydrogens is 274 g/mol. The number of nitrogens with one attached hydrogen (secondary N) is 2. The van der Waals surface area contributed by atoms with Crippen molar-refractivity contribution < 1.29 is 22.5 Å². The maximum absolute atomic E-state index is 12.7. The first-order chi connectivity index (χ1) is 8.77. The molecule has 11 heteroatoms. The fourth-order valence-electron chi connectivity index (χ4n) is 1.04. The van der Waals surface area contributed by atoms with E-state index in [0.29, 0.717) is 0 Å². The molecule has 7 nitrogen and oxygen atoms in total. The Morgan fingerprint density at radius 1 is 1.53 bits per heavy atom. The van der Waals surface area contributed by atoms with Crippen LogP contribution in [0.3, 0.4) is 0 Å². The Morgan fingerprint density at radius 2 is 2.16 bits per heavy atom. The summed E-state index contributed by atoms with van der Waals surface area (Å²) < 4.78 is 49.3. The highest BCUT2D eigenvalue weighted by molar-refractivity contribution is 5.56. The van der Waals surface area contributed by atoms with E-state index >= 15 is 0 Å². The fourth-order valence-corrected chi connectivity index (χ4v) is 1.04. The Balaban J connectivity index is 2.95. The Labute approximate surface area is 104 Å². The third-order valence-corrected chi connectivity index (χ3v) is 2.00. The van der Waals surface area contributed by atoms with Crippen molar-refractivity contribution in [3.05, 3.63) is 16.3 Å². The zero-order chi connectivity index (χ0) is 14.6. The van der Waals surface area contributed by atoms with Crippen LogP contribution in [0.4, 0.5) is 35.0 Å². The molecule has 0 aromatic carbocycles. The maximum Gasteiger partial charge on any atom is 0.329 e. The second-order valence-corrected chi connectivity index (χ2v) is 3.35. The standard InChI is InChI=1S/C8H9F4N5O2/c1-13-7-14-2-4(17(18)19)5(16-7)15-3-8(11,12)6(9)10/h2,6H,3H2,1H3,(H2,13,14,15,16).